The number of hydrogen-bond acceptors (Lipinski definition) is 7. The lowest BCUT2D eigenvalue weighted by Gasteiger charge is -2.09. The van der Waals surface area contributed by atoms with E-state index in [0.717, 1.165) is 11.0 Å². The molecule has 5 rings (SSSR count). The maximum Gasteiger partial charge on any atom is 0.270 e. The maximum atomic E-state index is 11.1. The molecule has 9 heteroatoms. The van der Waals surface area contributed by atoms with E-state index in [4.69, 9.17) is 9.72 Å². The number of phenols is 1. The number of rotatable bonds is 6. The molecule has 0 unspecified atom stereocenters. The van der Waals surface area contributed by atoms with Crippen LogP contribution in [-0.4, -0.2) is 36.2 Å². The molecule has 2 heterocycles. The molecular weight excluding hydrogens is 434 g/mol. The predicted molar refractivity (Wildman–Crippen MR) is 129 cm³/mol. The molecule has 1 N–H and O–H groups in total. The molecule has 0 amide bonds. The molecule has 9 nitrogen and oxygen atoms in total. The summed E-state index contributed by atoms with van der Waals surface area (Å²) in [5, 5.41) is 30.2. The van der Waals surface area contributed by atoms with Gasteiger partial charge in [0.1, 0.15) is 5.69 Å². The summed E-state index contributed by atoms with van der Waals surface area (Å²) in [5.41, 5.74) is 3.95. The molecule has 0 radical (unpaired) electrons. The molecule has 0 spiro atoms. The fourth-order valence-electron chi connectivity index (χ4n) is 3.76. The number of para-hydroxylation sites is 2. The summed E-state index contributed by atoms with van der Waals surface area (Å²) in [6.45, 7) is 2.29. The number of nitro groups is 1. The number of phenolic OH excluding ortho intramolecular Hbond substituents is 1. The van der Waals surface area contributed by atoms with E-state index in [-0.39, 0.29) is 11.4 Å². The Morgan fingerprint density at radius 3 is 2.71 bits per heavy atom. The van der Waals surface area contributed by atoms with Crippen molar-refractivity contribution in [2.45, 2.75) is 6.92 Å². The lowest BCUT2D eigenvalue weighted by Crippen LogP contribution is -1.98. The number of aromatic hydroxyl groups is 1. The van der Waals surface area contributed by atoms with E-state index >= 15 is 0 Å². The number of ether oxygens (including phenoxy) is 1. The highest BCUT2D eigenvalue weighted by Crippen LogP contribution is 2.32. The van der Waals surface area contributed by atoms with Gasteiger partial charge in [0.15, 0.2) is 23.0 Å². The van der Waals surface area contributed by atoms with Crippen molar-refractivity contribution in [3.63, 3.8) is 0 Å². The minimum absolute atomic E-state index is 0.0128. The van der Waals surface area contributed by atoms with Crippen LogP contribution in [-0.2, 0) is 0 Å². The van der Waals surface area contributed by atoms with Crippen molar-refractivity contribution in [2.24, 2.45) is 0 Å². The van der Waals surface area contributed by atoms with Gasteiger partial charge in [-0.2, -0.15) is 0 Å². The second kappa shape index (κ2) is 8.62. The zero-order valence-electron chi connectivity index (χ0n) is 18.1. The first kappa shape index (κ1) is 21.1. The molecular formula is C25H19N5O4. The SMILES string of the molecule is CCOc1ccc(-c2nnc3c(/C=C/c4cccc([N+](=O)[O-])c4)nc4ccccc4n23)cc1O. The number of non-ortho nitro benzene ring substituents is 1. The minimum Gasteiger partial charge on any atom is -0.504 e. The Morgan fingerprint density at radius 2 is 1.91 bits per heavy atom. The summed E-state index contributed by atoms with van der Waals surface area (Å²) >= 11 is 0. The summed E-state index contributed by atoms with van der Waals surface area (Å²) in [6, 6.07) is 19.1. The second-order valence-electron chi connectivity index (χ2n) is 7.47. The second-order valence-corrected chi connectivity index (χ2v) is 7.47. The standard InChI is InChI=1S/C25H19N5O4/c1-2-34-23-13-11-17(15-22(23)31)24-27-28-25-20(26-19-8-3-4-9-21(19)29(24)25)12-10-16-6-5-7-18(14-16)30(32)33/h3-15,31H,2H2,1H3/b12-10+. The summed E-state index contributed by atoms with van der Waals surface area (Å²) < 4.78 is 7.31. The molecule has 2 aromatic heterocycles. The Morgan fingerprint density at radius 1 is 1.06 bits per heavy atom. The van der Waals surface area contributed by atoms with Crippen molar-refractivity contribution in [3.05, 3.63) is 88.1 Å². The van der Waals surface area contributed by atoms with Crippen LogP contribution in [0.3, 0.4) is 0 Å². The van der Waals surface area contributed by atoms with E-state index in [1.807, 2.05) is 41.7 Å². The molecule has 0 atom stereocenters. The molecule has 5 aromatic rings. The molecule has 0 saturated carbocycles. The highest BCUT2D eigenvalue weighted by atomic mass is 16.6. The fraction of sp³-hybridized carbons (Fsp3) is 0.0800. The summed E-state index contributed by atoms with van der Waals surface area (Å²) in [7, 11) is 0. The van der Waals surface area contributed by atoms with Crippen molar-refractivity contribution in [3.8, 4) is 22.9 Å². The molecule has 0 fully saturated rings. The van der Waals surface area contributed by atoms with Gasteiger partial charge in [0, 0.05) is 17.7 Å². The highest BCUT2D eigenvalue weighted by molar-refractivity contribution is 5.86. The van der Waals surface area contributed by atoms with Gasteiger partial charge in [-0.05, 0) is 48.9 Å². The Kier molecular flexibility index (Phi) is 5.35. The van der Waals surface area contributed by atoms with Crippen LogP contribution in [0.25, 0.3) is 40.2 Å². The van der Waals surface area contributed by atoms with E-state index in [0.29, 0.717) is 40.6 Å². The van der Waals surface area contributed by atoms with Gasteiger partial charge in [0.05, 0.1) is 22.6 Å². The van der Waals surface area contributed by atoms with E-state index in [9.17, 15) is 15.2 Å². The number of benzene rings is 3. The van der Waals surface area contributed by atoms with Gasteiger partial charge in [-0.25, -0.2) is 4.98 Å². The number of aromatic nitrogens is 4. The molecule has 0 aliphatic rings. The number of fused-ring (bicyclic) bond motifs is 3. The molecule has 0 bridgehead atoms. The Balaban J connectivity index is 1.66. The number of nitro benzene ring substituents is 1. The van der Waals surface area contributed by atoms with Crippen LogP contribution in [0.2, 0.25) is 0 Å². The van der Waals surface area contributed by atoms with Gasteiger partial charge < -0.3 is 9.84 Å². The highest BCUT2D eigenvalue weighted by Gasteiger charge is 2.16. The Labute approximate surface area is 193 Å². The molecule has 0 saturated heterocycles. The largest absolute Gasteiger partial charge is 0.504 e. The molecule has 34 heavy (non-hydrogen) atoms. The van der Waals surface area contributed by atoms with Gasteiger partial charge >= 0.3 is 0 Å². The number of nitrogens with zero attached hydrogens (tertiary/aromatic N) is 5. The quantitative estimate of drug-likeness (QED) is 0.280. The van der Waals surface area contributed by atoms with E-state index in [2.05, 4.69) is 10.2 Å². The van der Waals surface area contributed by atoms with Crippen LogP contribution >= 0.6 is 0 Å². The zero-order valence-corrected chi connectivity index (χ0v) is 18.1. The first-order chi connectivity index (χ1) is 16.5. The van der Waals surface area contributed by atoms with Gasteiger partial charge in [-0.1, -0.05) is 30.3 Å². The summed E-state index contributed by atoms with van der Waals surface area (Å²) in [4.78, 5) is 15.4. The van der Waals surface area contributed by atoms with Crippen LogP contribution < -0.4 is 4.74 Å². The lowest BCUT2D eigenvalue weighted by molar-refractivity contribution is -0.384. The van der Waals surface area contributed by atoms with Gasteiger partial charge in [-0.3, -0.25) is 14.5 Å². The first-order valence-electron chi connectivity index (χ1n) is 10.6. The van der Waals surface area contributed by atoms with Crippen LogP contribution in [0.4, 0.5) is 5.69 Å². The van der Waals surface area contributed by atoms with Crippen molar-refractivity contribution in [2.75, 3.05) is 6.61 Å². The van der Waals surface area contributed by atoms with E-state index in [1.165, 1.54) is 12.1 Å². The lowest BCUT2D eigenvalue weighted by atomic mass is 10.1. The van der Waals surface area contributed by atoms with Crippen LogP contribution in [0, 0.1) is 10.1 Å². The Bertz CT molecular complexity index is 1570. The summed E-state index contributed by atoms with van der Waals surface area (Å²) in [6.07, 6.45) is 3.51. The van der Waals surface area contributed by atoms with Crippen LogP contribution in [0.15, 0.2) is 66.7 Å². The zero-order chi connectivity index (χ0) is 23.7. The van der Waals surface area contributed by atoms with Crippen LogP contribution in [0.5, 0.6) is 11.5 Å². The molecule has 3 aromatic carbocycles. The van der Waals surface area contributed by atoms with E-state index < -0.39 is 4.92 Å². The van der Waals surface area contributed by atoms with Gasteiger partial charge in [0.2, 0.25) is 0 Å². The van der Waals surface area contributed by atoms with Gasteiger partial charge in [0.25, 0.3) is 5.69 Å². The summed E-state index contributed by atoms with van der Waals surface area (Å²) in [5.74, 6) is 0.948. The molecule has 168 valence electrons. The van der Waals surface area contributed by atoms with Crippen molar-refractivity contribution in [1.29, 1.82) is 0 Å². The van der Waals surface area contributed by atoms with Crippen LogP contribution in [0.1, 0.15) is 18.2 Å². The van der Waals surface area contributed by atoms with Crippen molar-refractivity contribution >= 4 is 34.5 Å². The third kappa shape index (κ3) is 3.79. The first-order valence-corrected chi connectivity index (χ1v) is 10.6. The topological polar surface area (TPSA) is 116 Å². The van der Waals surface area contributed by atoms with E-state index in [1.54, 1.807) is 36.4 Å². The molecule has 0 aliphatic carbocycles. The average Bonchev–Trinajstić information content (AvgIpc) is 3.30. The number of hydrogen-bond donors (Lipinski definition) is 1. The average molecular weight is 453 g/mol. The fourth-order valence-corrected chi connectivity index (χ4v) is 3.76. The smallest absolute Gasteiger partial charge is 0.270 e. The monoisotopic (exact) mass is 453 g/mol. The van der Waals surface area contributed by atoms with Crippen molar-refractivity contribution < 1.29 is 14.8 Å². The minimum atomic E-state index is -0.430. The predicted octanol–water partition coefficient (Wildman–Crippen LogP) is 5.13. The van der Waals surface area contributed by atoms with Gasteiger partial charge in [-0.15, -0.1) is 10.2 Å². The normalized spacial score (nSPS) is 11.4. The third-order valence-electron chi connectivity index (χ3n) is 5.29. The van der Waals surface area contributed by atoms with Crippen molar-refractivity contribution in [1.82, 2.24) is 19.6 Å². The molecule has 0 aliphatic heterocycles. The third-order valence-corrected chi connectivity index (χ3v) is 5.29. The Hall–Kier alpha value is -4.79. The maximum absolute atomic E-state index is 11.1.